The third-order valence-corrected chi connectivity index (χ3v) is 6.00. The molecule has 1 heterocycles. The zero-order valence-electron chi connectivity index (χ0n) is 17.8. The molecule has 2 aromatic rings. The topological polar surface area (TPSA) is 49.9 Å². The number of methoxy groups -OCH3 is 1. The van der Waals surface area contributed by atoms with Crippen molar-refractivity contribution in [1.29, 1.82) is 0 Å². The minimum atomic E-state index is -0.570. The van der Waals surface area contributed by atoms with Crippen LogP contribution in [-0.4, -0.2) is 41.3 Å². The van der Waals surface area contributed by atoms with Crippen molar-refractivity contribution in [1.82, 2.24) is 9.80 Å². The van der Waals surface area contributed by atoms with Crippen LogP contribution in [0.4, 0.5) is 4.39 Å². The smallest absolute Gasteiger partial charge is 0.246 e. The van der Waals surface area contributed by atoms with Gasteiger partial charge >= 0.3 is 0 Å². The summed E-state index contributed by atoms with van der Waals surface area (Å²) in [4.78, 5) is 29.9. The fourth-order valence-electron chi connectivity index (χ4n) is 3.98. The number of carbonyl (C=O) groups excluding carboxylic acids is 2. The molecule has 0 spiro atoms. The van der Waals surface area contributed by atoms with Gasteiger partial charge in [0.25, 0.3) is 0 Å². The predicted octanol–water partition coefficient (Wildman–Crippen LogP) is 4.10. The van der Waals surface area contributed by atoms with Crippen molar-refractivity contribution in [3.63, 3.8) is 0 Å². The van der Waals surface area contributed by atoms with Crippen LogP contribution in [0.1, 0.15) is 36.9 Å². The Morgan fingerprint density at radius 3 is 2.39 bits per heavy atom. The average Bonchev–Trinajstić information content (AvgIpc) is 3.63. The van der Waals surface area contributed by atoms with Gasteiger partial charge in [-0.2, -0.15) is 0 Å². The summed E-state index contributed by atoms with van der Waals surface area (Å²) in [5.41, 5.74) is 1.77. The first kappa shape index (κ1) is 21.1. The van der Waals surface area contributed by atoms with E-state index in [0.29, 0.717) is 13.1 Å². The van der Waals surface area contributed by atoms with Crippen LogP contribution in [0.15, 0.2) is 60.7 Å². The van der Waals surface area contributed by atoms with Gasteiger partial charge in [-0.05, 0) is 55.2 Å². The molecule has 1 aliphatic carbocycles. The first-order valence-corrected chi connectivity index (χ1v) is 10.6. The Hall–Kier alpha value is -3.15. The quantitative estimate of drug-likeness (QED) is 0.682. The molecule has 0 radical (unpaired) electrons. The molecule has 31 heavy (non-hydrogen) atoms. The summed E-state index contributed by atoms with van der Waals surface area (Å²) >= 11 is 0. The third-order valence-electron chi connectivity index (χ3n) is 6.00. The molecule has 0 aromatic heterocycles. The molecule has 1 aliphatic heterocycles. The highest BCUT2D eigenvalue weighted by Gasteiger charge is 2.39. The van der Waals surface area contributed by atoms with E-state index in [1.54, 1.807) is 36.0 Å². The molecule has 6 heteroatoms. The highest BCUT2D eigenvalue weighted by Crippen LogP contribution is 2.34. The van der Waals surface area contributed by atoms with Gasteiger partial charge in [-0.1, -0.05) is 36.4 Å². The summed E-state index contributed by atoms with van der Waals surface area (Å²) in [6.45, 7) is 2.53. The van der Waals surface area contributed by atoms with Gasteiger partial charge in [-0.25, -0.2) is 4.39 Å². The van der Waals surface area contributed by atoms with E-state index >= 15 is 0 Å². The van der Waals surface area contributed by atoms with E-state index in [1.165, 1.54) is 12.1 Å². The lowest BCUT2D eigenvalue weighted by atomic mass is 10.00. The minimum absolute atomic E-state index is 0.0472. The monoisotopic (exact) mass is 422 g/mol. The van der Waals surface area contributed by atoms with E-state index in [0.717, 1.165) is 29.7 Å². The molecule has 0 N–H and O–H groups in total. The molecule has 162 valence electrons. The fourth-order valence-corrected chi connectivity index (χ4v) is 3.98. The molecule has 1 fully saturated rings. The summed E-state index contributed by atoms with van der Waals surface area (Å²) in [6.07, 6.45) is 5.74. The molecule has 5 nitrogen and oxygen atoms in total. The van der Waals surface area contributed by atoms with Crippen molar-refractivity contribution in [2.75, 3.05) is 13.7 Å². The highest BCUT2D eigenvalue weighted by atomic mass is 19.1. The summed E-state index contributed by atoms with van der Waals surface area (Å²) in [5, 5.41) is 0. The number of hydrogen-bond acceptors (Lipinski definition) is 3. The summed E-state index contributed by atoms with van der Waals surface area (Å²) < 4.78 is 18.7. The molecule has 0 saturated heterocycles. The lowest BCUT2D eigenvalue weighted by Crippen LogP contribution is -2.51. The van der Waals surface area contributed by atoms with Crippen LogP contribution in [-0.2, 0) is 16.1 Å². The molecular formula is C25H27FN2O3. The van der Waals surface area contributed by atoms with Gasteiger partial charge in [0, 0.05) is 19.0 Å². The molecule has 2 atom stereocenters. The number of nitrogens with zero attached hydrogens (tertiary/aromatic N) is 2. The Balaban J connectivity index is 1.69. The standard InChI is InChI=1S/C25H27FN2O3/c1-17-24(29)28(16-18-5-11-21(26)12-6-18)23(19-9-13-22(31-2)14-10-19)4-3-15-27(17)25(30)20-7-8-20/h3-6,9-14,17,20,23H,7-8,15-16H2,1-2H3/b4-3-. The number of hydrogen-bond donors (Lipinski definition) is 0. The van der Waals surface area contributed by atoms with Gasteiger partial charge in [0.15, 0.2) is 0 Å². The predicted molar refractivity (Wildman–Crippen MR) is 116 cm³/mol. The second-order valence-electron chi connectivity index (χ2n) is 8.18. The zero-order chi connectivity index (χ0) is 22.0. The van der Waals surface area contributed by atoms with Crippen molar-refractivity contribution in [2.45, 2.75) is 38.4 Å². The lowest BCUT2D eigenvalue weighted by Gasteiger charge is -2.38. The SMILES string of the molecule is COc1ccc(C2/C=C\CN(C(=O)C3CC3)C(C)C(=O)N2Cc2ccc(F)cc2)cc1. The van der Waals surface area contributed by atoms with Crippen LogP contribution < -0.4 is 4.74 Å². The van der Waals surface area contributed by atoms with E-state index in [9.17, 15) is 14.0 Å². The summed E-state index contributed by atoms with van der Waals surface area (Å²) in [5.74, 6) is 0.401. The van der Waals surface area contributed by atoms with Crippen LogP contribution in [0.2, 0.25) is 0 Å². The maximum absolute atomic E-state index is 13.6. The summed E-state index contributed by atoms with van der Waals surface area (Å²) in [6, 6.07) is 12.9. The normalized spacial score (nSPS) is 22.6. The van der Waals surface area contributed by atoms with E-state index < -0.39 is 6.04 Å². The number of benzene rings is 2. The van der Waals surface area contributed by atoms with E-state index in [1.807, 2.05) is 36.4 Å². The molecule has 2 unspecified atom stereocenters. The van der Waals surface area contributed by atoms with Crippen LogP contribution >= 0.6 is 0 Å². The number of halogens is 1. The van der Waals surface area contributed by atoms with E-state index in [2.05, 4.69) is 0 Å². The molecule has 1 saturated carbocycles. The molecule has 2 aliphatic rings. The first-order valence-electron chi connectivity index (χ1n) is 10.6. The Morgan fingerprint density at radius 2 is 1.77 bits per heavy atom. The Morgan fingerprint density at radius 1 is 1.10 bits per heavy atom. The largest absolute Gasteiger partial charge is 0.497 e. The molecule has 0 bridgehead atoms. The van der Waals surface area contributed by atoms with Gasteiger partial charge in [-0.15, -0.1) is 0 Å². The van der Waals surface area contributed by atoms with Crippen LogP contribution in [0.25, 0.3) is 0 Å². The van der Waals surface area contributed by atoms with Crippen LogP contribution in [0.3, 0.4) is 0 Å². The number of carbonyl (C=O) groups is 2. The number of ether oxygens (including phenoxy) is 1. The Labute approximate surface area is 182 Å². The van der Waals surface area contributed by atoms with Gasteiger partial charge in [-0.3, -0.25) is 9.59 Å². The van der Waals surface area contributed by atoms with Crippen molar-refractivity contribution in [3.8, 4) is 5.75 Å². The third kappa shape index (κ3) is 4.63. The van der Waals surface area contributed by atoms with Gasteiger partial charge in [0.1, 0.15) is 17.6 Å². The van der Waals surface area contributed by atoms with Gasteiger partial charge < -0.3 is 14.5 Å². The van der Waals surface area contributed by atoms with Crippen molar-refractivity contribution in [3.05, 3.63) is 77.6 Å². The zero-order valence-corrected chi connectivity index (χ0v) is 17.8. The van der Waals surface area contributed by atoms with Crippen molar-refractivity contribution >= 4 is 11.8 Å². The first-order chi connectivity index (χ1) is 15.0. The van der Waals surface area contributed by atoms with Crippen LogP contribution in [0, 0.1) is 11.7 Å². The molecule has 2 aromatic carbocycles. The maximum atomic E-state index is 13.6. The molecule has 2 amide bonds. The Bertz CT molecular complexity index is 967. The van der Waals surface area contributed by atoms with Crippen molar-refractivity contribution < 1.29 is 18.7 Å². The average molecular weight is 423 g/mol. The number of amides is 2. The Kier molecular flexibility index (Phi) is 6.07. The second kappa shape index (κ2) is 8.92. The van der Waals surface area contributed by atoms with E-state index in [4.69, 9.17) is 4.74 Å². The molecular weight excluding hydrogens is 395 g/mol. The highest BCUT2D eigenvalue weighted by molar-refractivity contribution is 5.90. The second-order valence-corrected chi connectivity index (χ2v) is 8.18. The van der Waals surface area contributed by atoms with Gasteiger partial charge in [0.05, 0.1) is 13.2 Å². The number of rotatable bonds is 5. The van der Waals surface area contributed by atoms with Crippen LogP contribution in [0.5, 0.6) is 5.75 Å². The molecule has 4 rings (SSSR count). The minimum Gasteiger partial charge on any atom is -0.497 e. The van der Waals surface area contributed by atoms with Gasteiger partial charge in [0.2, 0.25) is 11.8 Å². The van der Waals surface area contributed by atoms with Crippen molar-refractivity contribution in [2.24, 2.45) is 5.92 Å². The van der Waals surface area contributed by atoms with E-state index in [-0.39, 0.29) is 29.6 Å². The fraction of sp³-hybridized carbons (Fsp3) is 0.360. The summed E-state index contributed by atoms with van der Waals surface area (Å²) in [7, 11) is 1.61. The lowest BCUT2D eigenvalue weighted by molar-refractivity contribution is -0.147. The maximum Gasteiger partial charge on any atom is 0.246 e.